The topological polar surface area (TPSA) is 29.9 Å². The van der Waals surface area contributed by atoms with Crippen LogP contribution in [0.4, 0.5) is 0 Å². The van der Waals surface area contributed by atoms with E-state index >= 15 is 0 Å². The molecule has 5 heteroatoms. The van der Waals surface area contributed by atoms with Gasteiger partial charge in [0.25, 0.3) is 0 Å². The second-order valence-electron chi connectivity index (χ2n) is 4.15. The van der Waals surface area contributed by atoms with Crippen LogP contribution in [0.15, 0.2) is 23.8 Å². The Morgan fingerprint density at radius 3 is 2.89 bits per heavy atom. The molecule has 0 aliphatic heterocycles. The minimum Gasteiger partial charge on any atom is -0.305 e. The highest BCUT2D eigenvalue weighted by Gasteiger charge is 2.19. The molecule has 2 aromatic heterocycles. The Hall–Kier alpha value is -0.840. The lowest BCUT2D eigenvalue weighted by Crippen LogP contribution is -2.22. The van der Waals surface area contributed by atoms with Gasteiger partial charge in [-0.25, -0.2) is 0 Å². The molecule has 0 aromatic carbocycles. The fourth-order valence-electron chi connectivity index (χ4n) is 1.86. The summed E-state index contributed by atoms with van der Waals surface area (Å²) in [5, 5.41) is 10.7. The fraction of sp³-hybridized carbons (Fsp3) is 0.462. The Morgan fingerprint density at radius 1 is 1.50 bits per heavy atom. The number of hydrogen-bond donors (Lipinski definition) is 1. The highest BCUT2D eigenvalue weighted by molar-refractivity contribution is 7.10. The number of thiophene rings is 1. The van der Waals surface area contributed by atoms with Crippen molar-refractivity contribution in [3.8, 4) is 0 Å². The number of hydrogen-bond acceptors (Lipinski definition) is 3. The molecule has 2 aromatic rings. The van der Waals surface area contributed by atoms with Gasteiger partial charge in [-0.05, 0) is 31.3 Å². The van der Waals surface area contributed by atoms with Crippen LogP contribution in [-0.2, 0) is 6.54 Å². The summed E-state index contributed by atoms with van der Waals surface area (Å²) < 4.78 is 1.94. The lowest BCUT2D eigenvalue weighted by molar-refractivity contribution is 0.603. The van der Waals surface area contributed by atoms with Crippen molar-refractivity contribution in [3.63, 3.8) is 0 Å². The molecule has 0 fully saturated rings. The highest BCUT2D eigenvalue weighted by atomic mass is 35.5. The molecule has 3 nitrogen and oxygen atoms in total. The molecule has 2 rings (SSSR count). The van der Waals surface area contributed by atoms with Gasteiger partial charge in [-0.15, -0.1) is 11.3 Å². The maximum Gasteiger partial charge on any atom is 0.0717 e. The number of rotatable bonds is 6. The van der Waals surface area contributed by atoms with Gasteiger partial charge < -0.3 is 5.32 Å². The fourth-order valence-corrected chi connectivity index (χ4v) is 3.13. The van der Waals surface area contributed by atoms with Gasteiger partial charge in [-0.3, -0.25) is 4.68 Å². The monoisotopic (exact) mass is 283 g/mol. The van der Waals surface area contributed by atoms with Crippen LogP contribution in [0.3, 0.4) is 0 Å². The molecule has 1 N–H and O–H groups in total. The number of nitrogens with one attached hydrogen (secondary N) is 1. The van der Waals surface area contributed by atoms with Crippen molar-refractivity contribution in [3.05, 3.63) is 39.3 Å². The summed E-state index contributed by atoms with van der Waals surface area (Å²) in [5.41, 5.74) is 1.18. The molecule has 0 spiro atoms. The lowest BCUT2D eigenvalue weighted by Gasteiger charge is -2.16. The first-order chi connectivity index (χ1) is 8.76. The average Bonchev–Trinajstić information content (AvgIpc) is 3.00. The normalized spacial score (nSPS) is 12.8. The van der Waals surface area contributed by atoms with Gasteiger partial charge in [0.15, 0.2) is 0 Å². The highest BCUT2D eigenvalue weighted by Crippen LogP contribution is 2.32. The first-order valence-corrected chi connectivity index (χ1v) is 7.50. The van der Waals surface area contributed by atoms with Crippen LogP contribution < -0.4 is 5.32 Å². The van der Waals surface area contributed by atoms with Crippen LogP contribution in [0.1, 0.15) is 36.8 Å². The van der Waals surface area contributed by atoms with Crippen LogP contribution >= 0.6 is 22.9 Å². The third kappa shape index (κ3) is 2.94. The minimum atomic E-state index is 0.151. The van der Waals surface area contributed by atoms with Crippen LogP contribution in [0.5, 0.6) is 0 Å². The molecule has 0 amide bonds. The van der Waals surface area contributed by atoms with Crippen LogP contribution in [-0.4, -0.2) is 16.3 Å². The largest absolute Gasteiger partial charge is 0.305 e. The molecule has 0 radical (unpaired) electrons. The third-order valence-electron chi connectivity index (χ3n) is 2.82. The summed E-state index contributed by atoms with van der Waals surface area (Å²) in [6, 6.07) is 2.10. The van der Waals surface area contributed by atoms with Crippen LogP contribution in [0.25, 0.3) is 0 Å². The van der Waals surface area contributed by atoms with Gasteiger partial charge in [0.05, 0.1) is 17.3 Å². The smallest absolute Gasteiger partial charge is 0.0717 e. The maximum atomic E-state index is 6.25. The summed E-state index contributed by atoms with van der Waals surface area (Å²) in [6.45, 7) is 6.10. The number of halogens is 1. The van der Waals surface area contributed by atoms with Gasteiger partial charge in [0.2, 0.25) is 0 Å². The standard InChI is InChI=1S/C13H18ClN3S/c1-3-6-15-12(13-11(14)5-7-18-13)10-8-16-17(4-2)9-10/h5,7-9,12,15H,3-4,6H2,1-2H3. The van der Waals surface area contributed by atoms with Crippen molar-refractivity contribution in [1.29, 1.82) is 0 Å². The summed E-state index contributed by atoms with van der Waals surface area (Å²) in [5.74, 6) is 0. The van der Waals surface area contributed by atoms with E-state index in [1.165, 1.54) is 10.4 Å². The second kappa shape index (κ2) is 6.36. The van der Waals surface area contributed by atoms with E-state index in [1.54, 1.807) is 11.3 Å². The Bertz CT molecular complexity index is 492. The molecule has 1 atom stereocenters. The minimum absolute atomic E-state index is 0.151. The van der Waals surface area contributed by atoms with E-state index in [0.29, 0.717) is 0 Å². The molecular formula is C13H18ClN3S. The van der Waals surface area contributed by atoms with Crippen molar-refractivity contribution in [2.75, 3.05) is 6.54 Å². The number of aromatic nitrogens is 2. The van der Waals surface area contributed by atoms with Crippen molar-refractivity contribution in [2.24, 2.45) is 0 Å². The Morgan fingerprint density at radius 2 is 2.33 bits per heavy atom. The van der Waals surface area contributed by atoms with E-state index in [-0.39, 0.29) is 6.04 Å². The zero-order valence-corrected chi connectivity index (χ0v) is 12.3. The molecule has 0 saturated carbocycles. The predicted octanol–water partition coefficient (Wildman–Crippen LogP) is 3.71. The zero-order valence-electron chi connectivity index (χ0n) is 10.7. The number of nitrogens with zero attached hydrogens (tertiary/aromatic N) is 2. The predicted molar refractivity (Wildman–Crippen MR) is 77.4 cm³/mol. The first-order valence-electron chi connectivity index (χ1n) is 6.24. The Balaban J connectivity index is 2.27. The molecule has 2 heterocycles. The molecular weight excluding hydrogens is 266 g/mol. The second-order valence-corrected chi connectivity index (χ2v) is 5.50. The zero-order chi connectivity index (χ0) is 13.0. The van der Waals surface area contributed by atoms with E-state index in [1.807, 2.05) is 22.3 Å². The number of aryl methyl sites for hydroxylation is 1. The van der Waals surface area contributed by atoms with Crippen molar-refractivity contribution < 1.29 is 0 Å². The van der Waals surface area contributed by atoms with Gasteiger partial charge in [0.1, 0.15) is 0 Å². The Labute approximate surface area is 117 Å². The SMILES string of the molecule is CCCNC(c1cnn(CC)c1)c1sccc1Cl. The average molecular weight is 284 g/mol. The summed E-state index contributed by atoms with van der Waals surface area (Å²) in [6.07, 6.45) is 5.11. The van der Waals surface area contributed by atoms with Crippen molar-refractivity contribution >= 4 is 22.9 Å². The maximum absolute atomic E-state index is 6.25. The first kappa shape index (κ1) is 13.6. The lowest BCUT2D eigenvalue weighted by atomic mass is 10.1. The van der Waals surface area contributed by atoms with Crippen LogP contribution in [0, 0.1) is 0 Å². The van der Waals surface area contributed by atoms with Gasteiger partial charge in [0, 0.05) is 23.2 Å². The van der Waals surface area contributed by atoms with Crippen molar-refractivity contribution in [1.82, 2.24) is 15.1 Å². The molecule has 0 aliphatic rings. The molecule has 0 bridgehead atoms. The summed E-state index contributed by atoms with van der Waals surface area (Å²) >= 11 is 7.94. The third-order valence-corrected chi connectivity index (χ3v) is 4.24. The van der Waals surface area contributed by atoms with Crippen LogP contribution in [0.2, 0.25) is 5.02 Å². The molecule has 1 unspecified atom stereocenters. The van der Waals surface area contributed by atoms with Gasteiger partial charge in [-0.1, -0.05) is 18.5 Å². The summed E-state index contributed by atoms with van der Waals surface area (Å²) in [4.78, 5) is 1.17. The molecule has 98 valence electrons. The molecule has 18 heavy (non-hydrogen) atoms. The van der Waals surface area contributed by atoms with E-state index in [2.05, 4.69) is 30.5 Å². The van der Waals surface area contributed by atoms with E-state index < -0.39 is 0 Å². The van der Waals surface area contributed by atoms with E-state index in [9.17, 15) is 0 Å². The van der Waals surface area contributed by atoms with Gasteiger partial charge >= 0.3 is 0 Å². The quantitative estimate of drug-likeness (QED) is 0.876. The van der Waals surface area contributed by atoms with E-state index in [4.69, 9.17) is 11.6 Å². The Kier molecular flexibility index (Phi) is 4.80. The van der Waals surface area contributed by atoms with Gasteiger partial charge in [-0.2, -0.15) is 5.10 Å². The molecule has 0 aliphatic carbocycles. The van der Waals surface area contributed by atoms with Crippen molar-refractivity contribution in [2.45, 2.75) is 32.9 Å². The molecule has 0 saturated heterocycles. The summed E-state index contributed by atoms with van der Waals surface area (Å²) in [7, 11) is 0. The van der Waals surface area contributed by atoms with E-state index in [0.717, 1.165) is 24.5 Å².